The molecule has 11 nitrogen and oxygen atoms in total. The number of hydrogen-bond donors (Lipinski definition) is 1. The van der Waals surface area contributed by atoms with Crippen molar-refractivity contribution in [3.63, 3.8) is 0 Å². The number of nitro benzene ring substituents is 1. The summed E-state index contributed by atoms with van der Waals surface area (Å²) in [6.45, 7) is 2.82. The van der Waals surface area contributed by atoms with Gasteiger partial charge in [0.1, 0.15) is 6.61 Å². The van der Waals surface area contributed by atoms with E-state index in [2.05, 4.69) is 5.32 Å². The lowest BCUT2D eigenvalue weighted by molar-refractivity contribution is -0.384. The second kappa shape index (κ2) is 7.37. The molecule has 1 N–H and O–H groups in total. The molecule has 2 aromatic heterocycles. The van der Waals surface area contributed by atoms with Crippen LogP contribution in [-0.2, 0) is 37.8 Å². The predicted octanol–water partition coefficient (Wildman–Crippen LogP) is 2.60. The van der Waals surface area contributed by atoms with Crippen molar-refractivity contribution in [1.29, 1.82) is 0 Å². The molecule has 1 aromatic carbocycles. The molecule has 5 rings (SSSR count). The summed E-state index contributed by atoms with van der Waals surface area (Å²) in [5, 5.41) is 14.9. The summed E-state index contributed by atoms with van der Waals surface area (Å²) >= 11 is 0. The highest BCUT2D eigenvalue weighted by Gasteiger charge is 2.50. The quantitative estimate of drug-likeness (QED) is 0.274. The number of hydrogen-bond acceptors (Lipinski definition) is 9. The van der Waals surface area contributed by atoms with Crippen molar-refractivity contribution in [2.75, 3.05) is 12.4 Å². The fourth-order valence-electron chi connectivity index (χ4n) is 4.87. The third kappa shape index (κ3) is 2.82. The zero-order valence-corrected chi connectivity index (χ0v) is 18.6. The molecule has 2 aliphatic heterocycles. The molecule has 0 amide bonds. The zero-order valence-electron chi connectivity index (χ0n) is 18.6. The maximum atomic E-state index is 13.5. The highest BCUT2D eigenvalue weighted by molar-refractivity contribution is 5.98. The van der Waals surface area contributed by atoms with Crippen molar-refractivity contribution in [1.82, 2.24) is 9.55 Å². The van der Waals surface area contributed by atoms with Crippen molar-refractivity contribution in [2.24, 2.45) is 0 Å². The van der Waals surface area contributed by atoms with Crippen molar-refractivity contribution in [2.45, 2.75) is 39.0 Å². The number of carbonyl (C=O) groups excluding carboxylic acids is 2. The van der Waals surface area contributed by atoms with E-state index in [1.165, 1.54) is 23.6 Å². The number of esters is 2. The summed E-state index contributed by atoms with van der Waals surface area (Å²) in [6, 6.07) is 6.04. The SMILES string of the molecule is CC[C@@]1(OC(C)=O)C(=O)OCc2c1cc1n(c2=O)Cc2c-1nc1ccc([N+](=O)[O-])cc1c2NC. The Kier molecular flexibility index (Phi) is 4.67. The van der Waals surface area contributed by atoms with E-state index < -0.39 is 22.5 Å². The molecule has 0 bridgehead atoms. The highest BCUT2D eigenvalue weighted by atomic mass is 16.6. The van der Waals surface area contributed by atoms with Crippen molar-refractivity contribution in [3.8, 4) is 11.4 Å². The fraction of sp³-hybridized carbons (Fsp3) is 0.304. The zero-order chi connectivity index (χ0) is 24.4. The lowest BCUT2D eigenvalue weighted by atomic mass is 9.85. The van der Waals surface area contributed by atoms with Crippen LogP contribution in [0.2, 0.25) is 0 Å². The average molecular weight is 464 g/mol. The van der Waals surface area contributed by atoms with E-state index in [4.69, 9.17) is 14.5 Å². The number of cyclic esters (lactones) is 1. The number of pyridine rings is 2. The van der Waals surface area contributed by atoms with E-state index >= 15 is 0 Å². The number of fused-ring (bicyclic) bond motifs is 5. The van der Waals surface area contributed by atoms with E-state index in [0.717, 1.165) is 0 Å². The highest BCUT2D eigenvalue weighted by Crippen LogP contribution is 2.43. The van der Waals surface area contributed by atoms with Crippen molar-refractivity contribution in [3.05, 3.63) is 61.4 Å². The van der Waals surface area contributed by atoms with Crippen LogP contribution in [0.15, 0.2) is 29.1 Å². The topological polar surface area (TPSA) is 143 Å². The number of nitro groups is 1. The molecule has 174 valence electrons. The van der Waals surface area contributed by atoms with Gasteiger partial charge in [0.05, 0.1) is 39.6 Å². The molecular formula is C23H20N4O7. The largest absolute Gasteiger partial charge is 0.457 e. The molecule has 0 unspecified atom stereocenters. The fourth-order valence-corrected chi connectivity index (χ4v) is 4.87. The molecule has 3 aromatic rings. The van der Waals surface area contributed by atoms with Gasteiger partial charge in [0, 0.05) is 42.6 Å². The molecule has 11 heteroatoms. The van der Waals surface area contributed by atoms with Gasteiger partial charge in [-0.2, -0.15) is 0 Å². The first-order chi connectivity index (χ1) is 16.2. The minimum Gasteiger partial charge on any atom is -0.457 e. The Labute approximate surface area is 192 Å². The van der Waals surface area contributed by atoms with Crippen LogP contribution in [0.25, 0.3) is 22.3 Å². The number of rotatable bonds is 4. The van der Waals surface area contributed by atoms with Crippen molar-refractivity contribution >= 4 is 34.2 Å². The van der Waals surface area contributed by atoms with Crippen LogP contribution in [0.5, 0.6) is 0 Å². The number of nitrogens with one attached hydrogen (secondary N) is 1. The van der Waals surface area contributed by atoms with Gasteiger partial charge in [0.2, 0.25) is 5.60 Å². The summed E-state index contributed by atoms with van der Waals surface area (Å²) in [5.74, 6) is -1.40. The van der Waals surface area contributed by atoms with Crippen LogP contribution in [0.1, 0.15) is 37.0 Å². The van der Waals surface area contributed by atoms with Crippen LogP contribution in [0.4, 0.5) is 11.4 Å². The maximum Gasteiger partial charge on any atom is 0.355 e. The van der Waals surface area contributed by atoms with Gasteiger partial charge in [0.15, 0.2) is 0 Å². The third-order valence-electron chi connectivity index (χ3n) is 6.42. The van der Waals surface area contributed by atoms with Crippen LogP contribution in [-0.4, -0.2) is 33.5 Å². The van der Waals surface area contributed by atoms with Gasteiger partial charge in [-0.25, -0.2) is 9.78 Å². The second-order valence-electron chi connectivity index (χ2n) is 8.19. The summed E-state index contributed by atoms with van der Waals surface area (Å²) in [6.07, 6.45) is 0.0880. The Morgan fingerprint density at radius 3 is 2.74 bits per heavy atom. The number of nitrogens with zero attached hydrogens (tertiary/aromatic N) is 3. The molecule has 1 atom stereocenters. The van der Waals surface area contributed by atoms with Crippen LogP contribution >= 0.6 is 0 Å². The second-order valence-corrected chi connectivity index (χ2v) is 8.19. The van der Waals surface area contributed by atoms with E-state index in [1.807, 2.05) is 0 Å². The normalized spacial score (nSPS) is 18.0. The average Bonchev–Trinajstić information content (AvgIpc) is 3.17. The van der Waals surface area contributed by atoms with Crippen LogP contribution in [0, 0.1) is 10.1 Å². The number of benzene rings is 1. The summed E-state index contributed by atoms with van der Waals surface area (Å²) in [5.41, 5.74) is 1.17. The Morgan fingerprint density at radius 2 is 2.09 bits per heavy atom. The standard InChI is InChI=1S/C23H20N4O7/c1-4-23(34-11(2)28)16-8-18-20-14(9-26(18)21(29)15(16)10-33-22(23)30)19(24-3)13-7-12(27(31)32)5-6-17(13)25-20/h5-8H,4,9-10H2,1-3H3,(H,24,25)/t23-/m0/s1. The maximum absolute atomic E-state index is 13.5. The van der Waals surface area contributed by atoms with E-state index in [-0.39, 0.29) is 36.4 Å². The molecule has 0 aliphatic carbocycles. The summed E-state index contributed by atoms with van der Waals surface area (Å²) < 4.78 is 12.2. The molecule has 2 aliphatic rings. The van der Waals surface area contributed by atoms with Gasteiger partial charge in [-0.05, 0) is 18.6 Å². The van der Waals surface area contributed by atoms with Gasteiger partial charge < -0.3 is 19.4 Å². The predicted molar refractivity (Wildman–Crippen MR) is 120 cm³/mol. The Morgan fingerprint density at radius 1 is 1.32 bits per heavy atom. The number of ether oxygens (including phenoxy) is 2. The molecule has 4 heterocycles. The number of non-ortho nitro benzene ring substituents is 1. The molecule has 0 fully saturated rings. The van der Waals surface area contributed by atoms with Gasteiger partial charge in [-0.1, -0.05) is 6.92 Å². The Hall–Kier alpha value is -4.28. The Balaban J connectivity index is 1.80. The van der Waals surface area contributed by atoms with E-state index in [0.29, 0.717) is 39.1 Å². The molecule has 34 heavy (non-hydrogen) atoms. The monoisotopic (exact) mass is 464 g/mol. The minimum absolute atomic E-state index is 0.0707. The van der Waals surface area contributed by atoms with E-state index in [9.17, 15) is 24.5 Å². The molecule has 0 spiro atoms. The Bertz CT molecular complexity index is 1490. The molecular weight excluding hydrogens is 444 g/mol. The van der Waals surface area contributed by atoms with E-state index in [1.54, 1.807) is 26.1 Å². The number of aromatic nitrogens is 2. The molecule has 0 saturated carbocycles. The molecule has 0 saturated heterocycles. The first-order valence-electron chi connectivity index (χ1n) is 10.6. The first kappa shape index (κ1) is 21.6. The lowest BCUT2D eigenvalue weighted by Crippen LogP contribution is -2.47. The molecule has 0 radical (unpaired) electrons. The van der Waals surface area contributed by atoms with Gasteiger partial charge in [-0.3, -0.25) is 19.7 Å². The number of carbonyl (C=O) groups is 2. The summed E-state index contributed by atoms with van der Waals surface area (Å²) in [7, 11) is 1.69. The van der Waals surface area contributed by atoms with Gasteiger partial charge >= 0.3 is 11.9 Å². The number of anilines is 1. The third-order valence-corrected chi connectivity index (χ3v) is 6.42. The smallest absolute Gasteiger partial charge is 0.355 e. The van der Waals surface area contributed by atoms with Crippen LogP contribution in [0.3, 0.4) is 0 Å². The van der Waals surface area contributed by atoms with Crippen molar-refractivity contribution < 1.29 is 24.0 Å². The summed E-state index contributed by atoms with van der Waals surface area (Å²) in [4.78, 5) is 53.7. The van der Waals surface area contributed by atoms with Gasteiger partial charge in [-0.15, -0.1) is 0 Å². The van der Waals surface area contributed by atoms with Gasteiger partial charge in [0.25, 0.3) is 11.2 Å². The first-order valence-corrected chi connectivity index (χ1v) is 10.6. The lowest BCUT2D eigenvalue weighted by Gasteiger charge is -2.35. The van der Waals surface area contributed by atoms with Crippen LogP contribution < -0.4 is 10.9 Å². The minimum atomic E-state index is -1.72.